The molecular weight excluding hydrogens is 370 g/mol. The van der Waals surface area contributed by atoms with Crippen molar-refractivity contribution in [3.8, 4) is 0 Å². The average molecular weight is 389 g/mol. The fraction of sp³-hybridized carbons (Fsp3) is 0.167. The van der Waals surface area contributed by atoms with Crippen LogP contribution in [0.5, 0.6) is 0 Å². The van der Waals surface area contributed by atoms with E-state index in [2.05, 4.69) is 22.4 Å². The molecule has 0 radical (unpaired) electrons. The van der Waals surface area contributed by atoms with Gasteiger partial charge in [-0.2, -0.15) is 0 Å². The Balaban J connectivity index is 2.08. The predicted octanol–water partition coefficient (Wildman–Crippen LogP) is 2.42. The van der Waals surface area contributed by atoms with E-state index >= 15 is 0 Å². The van der Waals surface area contributed by atoms with E-state index in [1.54, 1.807) is 19.1 Å². The van der Waals surface area contributed by atoms with E-state index in [-0.39, 0.29) is 11.3 Å². The van der Waals surface area contributed by atoms with Crippen molar-refractivity contribution in [2.45, 2.75) is 13.8 Å². The van der Waals surface area contributed by atoms with E-state index in [0.717, 1.165) is 15.1 Å². The summed E-state index contributed by atoms with van der Waals surface area (Å²) in [6.45, 7) is 6.57. The number of allylic oxidation sites excluding steroid dienone is 2. The fourth-order valence-corrected chi connectivity index (χ4v) is 3.14. The van der Waals surface area contributed by atoms with Gasteiger partial charge >= 0.3 is 5.97 Å². The highest BCUT2D eigenvalue weighted by molar-refractivity contribution is 7.18. The highest BCUT2D eigenvalue weighted by Gasteiger charge is 2.16. The molecule has 8 nitrogen and oxygen atoms in total. The molecule has 2 amide bonds. The summed E-state index contributed by atoms with van der Waals surface area (Å²) in [5.74, 6) is -2.37. The largest absolute Gasteiger partial charge is 0.481 e. The topological polar surface area (TPSA) is 121 Å². The highest BCUT2D eigenvalue weighted by Crippen LogP contribution is 2.25. The quantitative estimate of drug-likeness (QED) is 0.251. The van der Waals surface area contributed by atoms with Crippen LogP contribution in [0.15, 0.2) is 48.3 Å². The Bertz CT molecular complexity index is 920. The van der Waals surface area contributed by atoms with Crippen LogP contribution in [-0.4, -0.2) is 34.5 Å². The lowest BCUT2D eigenvalue weighted by Gasteiger charge is -2.11. The molecule has 0 aliphatic rings. The number of aryl methyl sites for hydroxylation is 1. The normalized spacial score (nSPS) is 11.9. The summed E-state index contributed by atoms with van der Waals surface area (Å²) in [6.07, 6.45) is 4.23. The molecule has 0 unspecified atom stereocenters. The van der Waals surface area contributed by atoms with E-state index in [0.29, 0.717) is 5.69 Å². The van der Waals surface area contributed by atoms with Gasteiger partial charge in [0.05, 0.1) is 5.57 Å². The van der Waals surface area contributed by atoms with Crippen molar-refractivity contribution < 1.29 is 24.2 Å². The van der Waals surface area contributed by atoms with E-state index < -0.39 is 24.4 Å². The summed E-state index contributed by atoms with van der Waals surface area (Å²) in [5.41, 5.74) is 4.84. The van der Waals surface area contributed by atoms with Gasteiger partial charge in [-0.05, 0) is 32.1 Å². The predicted molar refractivity (Wildman–Crippen MR) is 102 cm³/mol. The molecule has 0 fully saturated rings. The maximum atomic E-state index is 12.3. The van der Waals surface area contributed by atoms with Crippen LogP contribution in [0.2, 0.25) is 0 Å². The van der Waals surface area contributed by atoms with Crippen LogP contribution in [-0.2, 0) is 14.3 Å². The fourth-order valence-electron chi connectivity index (χ4n) is 2.23. The molecule has 0 saturated carbocycles. The zero-order chi connectivity index (χ0) is 20.0. The summed E-state index contributed by atoms with van der Waals surface area (Å²) >= 11 is 1.52. The molecule has 2 aromatic heterocycles. The third-order valence-electron chi connectivity index (χ3n) is 3.35. The number of nitrogens with one attached hydrogen (secondary N) is 3. The Kier molecular flexibility index (Phi) is 6.56. The molecule has 0 aliphatic carbocycles. The first-order valence-corrected chi connectivity index (χ1v) is 8.71. The van der Waals surface area contributed by atoms with Crippen LogP contribution >= 0.6 is 11.3 Å². The Morgan fingerprint density at radius 3 is 2.67 bits per heavy atom. The molecule has 2 aromatic rings. The van der Waals surface area contributed by atoms with Gasteiger partial charge in [0, 0.05) is 10.3 Å². The molecule has 0 spiro atoms. The Morgan fingerprint density at radius 1 is 1.33 bits per heavy atom. The summed E-state index contributed by atoms with van der Waals surface area (Å²) in [4.78, 5) is 40.2. The number of ether oxygens (including phenoxy) is 1. The van der Waals surface area contributed by atoms with Crippen LogP contribution in [0, 0.1) is 6.92 Å². The van der Waals surface area contributed by atoms with Gasteiger partial charge in [-0.1, -0.05) is 18.7 Å². The van der Waals surface area contributed by atoms with Crippen molar-refractivity contribution in [2.24, 2.45) is 0 Å². The molecule has 4 N–H and O–H groups in total. The number of thiophene rings is 1. The maximum absolute atomic E-state index is 12.3. The number of rotatable bonds is 7. The molecule has 142 valence electrons. The van der Waals surface area contributed by atoms with Gasteiger partial charge in [-0.25, -0.2) is 4.79 Å². The molecular formula is C18H19N3O5S. The number of aromatic amines is 1. The minimum Gasteiger partial charge on any atom is -0.481 e. The van der Waals surface area contributed by atoms with Crippen molar-refractivity contribution in [2.75, 3.05) is 6.61 Å². The van der Waals surface area contributed by atoms with E-state index in [9.17, 15) is 14.4 Å². The maximum Gasteiger partial charge on any atom is 0.341 e. The lowest BCUT2D eigenvalue weighted by atomic mass is 10.2. The third-order valence-corrected chi connectivity index (χ3v) is 4.33. The second-order valence-electron chi connectivity index (χ2n) is 5.40. The van der Waals surface area contributed by atoms with Crippen LogP contribution in [0.25, 0.3) is 10.2 Å². The van der Waals surface area contributed by atoms with Crippen LogP contribution in [0.3, 0.4) is 0 Å². The number of hydrogen-bond acceptors (Lipinski definition) is 5. The van der Waals surface area contributed by atoms with Gasteiger partial charge in [0.25, 0.3) is 11.8 Å². The Labute approximate surface area is 159 Å². The first-order valence-electron chi connectivity index (χ1n) is 7.89. The summed E-state index contributed by atoms with van der Waals surface area (Å²) in [7, 11) is 0. The van der Waals surface area contributed by atoms with Gasteiger partial charge in [-0.15, -0.1) is 11.3 Å². The van der Waals surface area contributed by atoms with Gasteiger partial charge in [0.1, 0.15) is 16.3 Å². The molecule has 0 saturated heterocycles. The minimum atomic E-state index is -1.18. The molecule has 0 bridgehead atoms. The number of H-pyrrole nitrogens is 1. The van der Waals surface area contributed by atoms with Crippen LogP contribution < -0.4 is 10.9 Å². The number of aliphatic carboxylic acids is 1. The van der Waals surface area contributed by atoms with E-state index in [1.165, 1.54) is 23.5 Å². The minimum absolute atomic E-state index is 0.0160. The lowest BCUT2D eigenvalue weighted by Crippen LogP contribution is -2.42. The van der Waals surface area contributed by atoms with Crippen molar-refractivity contribution in [3.63, 3.8) is 0 Å². The lowest BCUT2D eigenvalue weighted by molar-refractivity contribution is -0.140. The average Bonchev–Trinajstić information content (AvgIpc) is 3.15. The first kappa shape index (κ1) is 20.0. The number of carbonyl (C=O) groups excluding carboxylic acids is 2. The number of amides is 2. The van der Waals surface area contributed by atoms with Gasteiger partial charge in [-0.3, -0.25) is 20.4 Å². The van der Waals surface area contributed by atoms with Gasteiger partial charge in [0.15, 0.2) is 6.61 Å². The summed E-state index contributed by atoms with van der Waals surface area (Å²) in [5, 5.41) is 9.64. The number of aromatic nitrogens is 1. The zero-order valence-electron chi connectivity index (χ0n) is 14.8. The third kappa shape index (κ3) is 5.08. The summed E-state index contributed by atoms with van der Waals surface area (Å²) < 4.78 is 5.09. The monoisotopic (exact) mass is 389 g/mol. The number of carboxylic acid groups (broad SMARTS) is 1. The molecule has 0 aliphatic heterocycles. The number of hydrogen-bond donors (Lipinski definition) is 4. The molecule has 9 heteroatoms. The smallest absolute Gasteiger partial charge is 0.341 e. The standard InChI is InChI=1S/C18H19N3O5S/c1-4-6-14(26-9-15(22)23)12(5-2)16(24)20-21-17(25)13-8-11-7-10(3)27-18(11)19-13/h4-8,19H,2,9H2,1,3H3,(H,20,24)(H,21,25)(H,22,23)/b6-4-,14-12-. The molecule has 0 aromatic carbocycles. The summed E-state index contributed by atoms with van der Waals surface area (Å²) in [6, 6.07) is 3.64. The molecule has 2 heterocycles. The second-order valence-corrected chi connectivity index (χ2v) is 6.65. The molecule has 2 rings (SSSR count). The number of carboxylic acids is 1. The SMILES string of the molecule is C=C/C(C(=O)NNC(=O)c1cc2cc(C)sc2[nH]1)=C(\C=C/C)OCC(=O)O. The number of fused-ring (bicyclic) bond motifs is 1. The highest BCUT2D eigenvalue weighted by atomic mass is 32.1. The van der Waals surface area contributed by atoms with Crippen molar-refractivity contribution in [1.29, 1.82) is 0 Å². The van der Waals surface area contributed by atoms with Crippen molar-refractivity contribution >= 4 is 39.3 Å². The van der Waals surface area contributed by atoms with E-state index in [4.69, 9.17) is 9.84 Å². The Hall–Kier alpha value is -3.33. The van der Waals surface area contributed by atoms with Gasteiger partial charge < -0.3 is 14.8 Å². The molecule has 27 heavy (non-hydrogen) atoms. The number of hydrazine groups is 1. The first-order chi connectivity index (χ1) is 12.8. The van der Waals surface area contributed by atoms with Crippen LogP contribution in [0.1, 0.15) is 22.3 Å². The number of carbonyl (C=O) groups is 3. The Morgan fingerprint density at radius 2 is 2.07 bits per heavy atom. The second kappa shape index (κ2) is 8.86. The van der Waals surface area contributed by atoms with Gasteiger partial charge in [0.2, 0.25) is 0 Å². The van der Waals surface area contributed by atoms with Crippen molar-refractivity contribution in [3.05, 3.63) is 58.8 Å². The van der Waals surface area contributed by atoms with Crippen molar-refractivity contribution in [1.82, 2.24) is 15.8 Å². The van der Waals surface area contributed by atoms with E-state index in [1.807, 2.05) is 13.0 Å². The zero-order valence-corrected chi connectivity index (χ0v) is 15.6. The molecule has 0 atom stereocenters. The van der Waals surface area contributed by atoms with Crippen LogP contribution in [0.4, 0.5) is 0 Å².